The summed E-state index contributed by atoms with van der Waals surface area (Å²) in [5, 5.41) is 0. The van der Waals surface area contributed by atoms with Crippen LogP contribution < -0.4 is 4.74 Å². The standard InChI is InChI=1S/C37H50N2O2/c1-7-12-26-41-35-23-20-31(21-24-35)36-28-39(37(38-36)32-18-16-30(9-3)17-19-32)33(10-4)22-25-34(11-5)40-27-13-15-29(6)14-8-2/h8,10,13-15,20-25,27-28,30,32H,4,7,9,11-12,16-19,26H2,1-3,5-6H3/b14-8-,27-13+,29-15-,33-22+,34-25+. The lowest BCUT2D eigenvalue weighted by molar-refractivity contribution is 0.309. The average Bonchev–Trinajstić information content (AvgIpc) is 3.44. The molecule has 0 amide bonds. The maximum Gasteiger partial charge on any atom is 0.119 e. The van der Waals surface area contributed by atoms with Crippen molar-refractivity contribution in [1.82, 2.24) is 9.55 Å². The predicted octanol–water partition coefficient (Wildman–Crippen LogP) is 10.8. The number of benzene rings is 1. The first-order valence-electron chi connectivity index (χ1n) is 15.5. The summed E-state index contributed by atoms with van der Waals surface area (Å²) in [6.07, 6.45) is 27.2. The van der Waals surface area contributed by atoms with Crippen LogP contribution in [-0.4, -0.2) is 16.2 Å². The van der Waals surface area contributed by atoms with E-state index in [0.29, 0.717) is 5.92 Å². The maximum absolute atomic E-state index is 5.94. The first-order valence-corrected chi connectivity index (χ1v) is 15.5. The number of nitrogens with zero attached hydrogens (tertiary/aromatic N) is 2. The van der Waals surface area contributed by atoms with E-state index in [-0.39, 0.29) is 0 Å². The van der Waals surface area contributed by atoms with Gasteiger partial charge in [-0.15, -0.1) is 0 Å². The van der Waals surface area contributed by atoms with Gasteiger partial charge in [-0.2, -0.15) is 0 Å². The molecule has 0 aliphatic heterocycles. The molecule has 4 nitrogen and oxygen atoms in total. The van der Waals surface area contributed by atoms with Gasteiger partial charge in [-0.1, -0.05) is 64.0 Å². The van der Waals surface area contributed by atoms with Gasteiger partial charge >= 0.3 is 0 Å². The highest BCUT2D eigenvalue weighted by molar-refractivity contribution is 5.65. The SMILES string of the molecule is C=C/C(=C\C=C(/CC)O/C=C/C=C(C)\C=C/C)n1cc(-c2ccc(OCCCC)cc2)nc1C1CCC(CC)CC1. The lowest BCUT2D eigenvalue weighted by Crippen LogP contribution is -2.16. The Bertz CT molecular complexity index is 1230. The van der Waals surface area contributed by atoms with Crippen molar-refractivity contribution in [3.8, 4) is 17.0 Å². The molecule has 0 spiro atoms. The fourth-order valence-corrected chi connectivity index (χ4v) is 5.22. The fraction of sp³-hybridized carbons (Fsp3) is 0.432. The predicted molar refractivity (Wildman–Crippen MR) is 175 cm³/mol. The Balaban J connectivity index is 1.90. The van der Waals surface area contributed by atoms with Crippen molar-refractivity contribution >= 4 is 5.70 Å². The van der Waals surface area contributed by atoms with Crippen LogP contribution in [0.4, 0.5) is 0 Å². The molecule has 0 unspecified atom stereocenters. The summed E-state index contributed by atoms with van der Waals surface area (Å²) in [5.74, 6) is 4.20. The van der Waals surface area contributed by atoms with E-state index in [4.69, 9.17) is 14.5 Å². The van der Waals surface area contributed by atoms with Crippen molar-refractivity contribution in [2.45, 2.75) is 91.9 Å². The van der Waals surface area contributed by atoms with Crippen molar-refractivity contribution in [3.63, 3.8) is 0 Å². The van der Waals surface area contributed by atoms with Crippen molar-refractivity contribution in [3.05, 3.63) is 103 Å². The van der Waals surface area contributed by atoms with E-state index < -0.39 is 0 Å². The Morgan fingerprint density at radius 1 is 1.05 bits per heavy atom. The summed E-state index contributed by atoms with van der Waals surface area (Å²) in [5.41, 5.74) is 4.25. The van der Waals surface area contributed by atoms with Gasteiger partial charge in [-0.05, 0) is 100 Å². The summed E-state index contributed by atoms with van der Waals surface area (Å²) < 4.78 is 14.1. The second kappa shape index (κ2) is 17.3. The van der Waals surface area contributed by atoms with E-state index in [2.05, 4.69) is 81.5 Å². The first kappa shape index (κ1) is 32.0. The van der Waals surface area contributed by atoms with Gasteiger partial charge in [-0.3, -0.25) is 0 Å². The number of aromatic nitrogens is 2. The molecule has 4 heteroatoms. The van der Waals surface area contributed by atoms with Crippen LogP contribution in [0, 0.1) is 5.92 Å². The fourth-order valence-electron chi connectivity index (χ4n) is 5.22. The van der Waals surface area contributed by atoms with Crippen LogP contribution in [0.15, 0.2) is 97.2 Å². The molecule has 1 aromatic heterocycles. The van der Waals surface area contributed by atoms with Crippen LogP contribution in [0.3, 0.4) is 0 Å². The molecule has 220 valence electrons. The molecule has 0 N–H and O–H groups in total. The Labute approximate surface area is 248 Å². The maximum atomic E-state index is 5.94. The first-order chi connectivity index (χ1) is 20.0. The third kappa shape index (κ3) is 9.81. The van der Waals surface area contributed by atoms with Gasteiger partial charge in [0.2, 0.25) is 0 Å². The highest BCUT2D eigenvalue weighted by atomic mass is 16.5. The van der Waals surface area contributed by atoms with Crippen LogP contribution >= 0.6 is 0 Å². The summed E-state index contributed by atoms with van der Waals surface area (Å²) >= 11 is 0. The minimum Gasteiger partial charge on any atom is -0.494 e. The van der Waals surface area contributed by atoms with E-state index in [1.54, 1.807) is 6.26 Å². The Kier molecular flexibility index (Phi) is 13.5. The highest BCUT2D eigenvalue weighted by Crippen LogP contribution is 2.38. The lowest BCUT2D eigenvalue weighted by atomic mass is 9.80. The molecule has 1 saturated carbocycles. The van der Waals surface area contributed by atoms with E-state index >= 15 is 0 Å². The van der Waals surface area contributed by atoms with Gasteiger partial charge in [-0.25, -0.2) is 4.98 Å². The highest BCUT2D eigenvalue weighted by Gasteiger charge is 2.26. The summed E-state index contributed by atoms with van der Waals surface area (Å²) in [6.45, 7) is 15.6. The Morgan fingerprint density at radius 2 is 1.80 bits per heavy atom. The van der Waals surface area contributed by atoms with Gasteiger partial charge in [0, 0.05) is 29.8 Å². The quantitative estimate of drug-likeness (QED) is 0.125. The molecule has 3 rings (SSSR count). The molecule has 1 aliphatic rings. The van der Waals surface area contributed by atoms with Crippen molar-refractivity contribution in [1.29, 1.82) is 0 Å². The summed E-state index contributed by atoms with van der Waals surface area (Å²) in [6, 6.07) is 8.34. The molecule has 2 aromatic rings. The van der Waals surface area contributed by atoms with Crippen LogP contribution in [-0.2, 0) is 4.74 Å². The van der Waals surface area contributed by atoms with Crippen LogP contribution in [0.5, 0.6) is 5.75 Å². The van der Waals surface area contributed by atoms with Crippen molar-refractivity contribution < 1.29 is 9.47 Å². The third-order valence-electron chi connectivity index (χ3n) is 7.80. The molecule has 41 heavy (non-hydrogen) atoms. The molecule has 0 bridgehead atoms. The number of imidazole rings is 1. The van der Waals surface area contributed by atoms with Gasteiger partial charge in [0.05, 0.1) is 18.6 Å². The number of hydrogen-bond donors (Lipinski definition) is 0. The molecular formula is C37H50N2O2. The molecular weight excluding hydrogens is 504 g/mol. The summed E-state index contributed by atoms with van der Waals surface area (Å²) in [7, 11) is 0. The van der Waals surface area contributed by atoms with Gasteiger partial charge in [0.15, 0.2) is 0 Å². The van der Waals surface area contributed by atoms with E-state index in [0.717, 1.165) is 66.1 Å². The monoisotopic (exact) mass is 554 g/mol. The lowest BCUT2D eigenvalue weighted by Gasteiger charge is -2.28. The van der Waals surface area contributed by atoms with Gasteiger partial charge in [0.25, 0.3) is 0 Å². The van der Waals surface area contributed by atoms with E-state index in [1.807, 2.05) is 37.3 Å². The number of ether oxygens (including phenoxy) is 2. The second-order valence-electron chi connectivity index (χ2n) is 10.8. The molecule has 1 fully saturated rings. The van der Waals surface area contributed by atoms with Gasteiger partial charge in [0.1, 0.15) is 17.3 Å². The van der Waals surface area contributed by atoms with Crippen LogP contribution in [0.2, 0.25) is 0 Å². The number of unbranched alkanes of at least 4 members (excludes halogenated alkanes) is 1. The molecule has 1 heterocycles. The average molecular weight is 555 g/mol. The van der Waals surface area contributed by atoms with Crippen LogP contribution in [0.25, 0.3) is 17.0 Å². The van der Waals surface area contributed by atoms with Gasteiger partial charge < -0.3 is 14.0 Å². The smallest absolute Gasteiger partial charge is 0.119 e. The third-order valence-corrected chi connectivity index (χ3v) is 7.80. The number of allylic oxidation sites excluding steroid dienone is 10. The normalized spacial score (nSPS) is 18.8. The Hall–Kier alpha value is -3.53. The molecule has 1 aliphatic carbocycles. The zero-order chi connectivity index (χ0) is 29.5. The zero-order valence-corrected chi connectivity index (χ0v) is 25.9. The van der Waals surface area contributed by atoms with Crippen LogP contribution in [0.1, 0.15) is 97.7 Å². The zero-order valence-electron chi connectivity index (χ0n) is 25.9. The molecule has 1 aromatic carbocycles. The number of rotatable bonds is 15. The molecule has 0 saturated heterocycles. The van der Waals surface area contributed by atoms with E-state index in [9.17, 15) is 0 Å². The number of hydrogen-bond acceptors (Lipinski definition) is 3. The topological polar surface area (TPSA) is 36.3 Å². The minimum absolute atomic E-state index is 0.438. The second-order valence-corrected chi connectivity index (χ2v) is 10.8. The van der Waals surface area contributed by atoms with E-state index in [1.165, 1.54) is 37.7 Å². The minimum atomic E-state index is 0.438. The largest absolute Gasteiger partial charge is 0.494 e. The summed E-state index contributed by atoms with van der Waals surface area (Å²) in [4.78, 5) is 5.23. The molecule has 0 atom stereocenters. The Morgan fingerprint density at radius 3 is 2.44 bits per heavy atom. The molecule has 0 radical (unpaired) electrons. The van der Waals surface area contributed by atoms with Crippen molar-refractivity contribution in [2.75, 3.05) is 6.61 Å². The van der Waals surface area contributed by atoms with Crippen molar-refractivity contribution in [2.24, 2.45) is 5.92 Å².